The highest BCUT2D eigenvalue weighted by atomic mass is 32.2. The maximum Gasteiger partial charge on any atom is 0.269 e. The number of halogens is 1. The number of rotatable bonds is 10. The number of amides is 1. The lowest BCUT2D eigenvalue weighted by atomic mass is 10.0. The molecule has 0 aliphatic heterocycles. The molecular formula is C27H26FN5O3S. The van der Waals surface area contributed by atoms with Crippen LogP contribution in [0.5, 0.6) is 0 Å². The van der Waals surface area contributed by atoms with Crippen LogP contribution in [0.1, 0.15) is 36.8 Å². The van der Waals surface area contributed by atoms with Gasteiger partial charge in [-0.1, -0.05) is 68.1 Å². The average Bonchev–Trinajstić information content (AvgIpc) is 3.32. The average molecular weight is 520 g/mol. The van der Waals surface area contributed by atoms with Crippen molar-refractivity contribution >= 4 is 23.4 Å². The fourth-order valence-corrected chi connectivity index (χ4v) is 4.60. The quantitative estimate of drug-likeness (QED) is 0.165. The van der Waals surface area contributed by atoms with Crippen LogP contribution in [0.25, 0.3) is 5.69 Å². The molecular weight excluding hydrogens is 493 g/mol. The number of thioether (sulfide) groups is 1. The maximum absolute atomic E-state index is 13.3. The first-order chi connectivity index (χ1) is 17.8. The topological polar surface area (TPSA) is 103 Å². The molecule has 0 saturated carbocycles. The molecule has 1 atom stereocenters. The lowest BCUT2D eigenvalue weighted by Crippen LogP contribution is -2.34. The summed E-state index contributed by atoms with van der Waals surface area (Å²) in [4.78, 5) is 23.5. The minimum Gasteiger partial charge on any atom is -0.345 e. The van der Waals surface area contributed by atoms with Crippen molar-refractivity contribution < 1.29 is 14.1 Å². The Morgan fingerprint density at radius 2 is 1.68 bits per heavy atom. The van der Waals surface area contributed by atoms with Crippen molar-refractivity contribution in [3.05, 3.63) is 112 Å². The van der Waals surface area contributed by atoms with Gasteiger partial charge in [0.15, 0.2) is 11.0 Å². The molecule has 0 fully saturated rings. The second-order valence-electron chi connectivity index (χ2n) is 8.77. The highest BCUT2D eigenvalue weighted by Crippen LogP contribution is 2.30. The zero-order chi connectivity index (χ0) is 26.4. The molecule has 1 amide bonds. The van der Waals surface area contributed by atoms with Crippen molar-refractivity contribution in [1.82, 2.24) is 20.1 Å². The summed E-state index contributed by atoms with van der Waals surface area (Å²) in [5, 5.41) is 23.7. The highest BCUT2D eigenvalue weighted by Gasteiger charge is 2.26. The minimum absolute atomic E-state index is 0.0344. The molecule has 0 bridgehead atoms. The third-order valence-electron chi connectivity index (χ3n) is 5.69. The first-order valence-corrected chi connectivity index (χ1v) is 12.7. The first kappa shape index (κ1) is 26.0. The molecule has 0 radical (unpaired) electrons. The lowest BCUT2D eigenvalue weighted by Gasteiger charge is -2.21. The van der Waals surface area contributed by atoms with E-state index in [9.17, 15) is 19.3 Å². The van der Waals surface area contributed by atoms with Crippen LogP contribution in [0.2, 0.25) is 0 Å². The molecule has 4 aromatic rings. The Morgan fingerprint density at radius 3 is 2.30 bits per heavy atom. The zero-order valence-corrected chi connectivity index (χ0v) is 21.2. The number of non-ortho nitro benzene ring substituents is 1. The fraction of sp³-hybridized carbons (Fsp3) is 0.222. The Kier molecular flexibility index (Phi) is 8.29. The number of nitrogens with zero attached hydrogens (tertiary/aromatic N) is 4. The Hall–Kier alpha value is -4.05. The largest absolute Gasteiger partial charge is 0.345 e. The second-order valence-corrected chi connectivity index (χ2v) is 9.71. The van der Waals surface area contributed by atoms with Gasteiger partial charge in [0.1, 0.15) is 5.82 Å². The van der Waals surface area contributed by atoms with Gasteiger partial charge in [-0.25, -0.2) is 4.39 Å². The number of aromatic nitrogens is 3. The lowest BCUT2D eigenvalue weighted by molar-refractivity contribution is -0.384. The Balaban J connectivity index is 1.75. The number of nitro benzene ring substituents is 1. The van der Waals surface area contributed by atoms with E-state index < -0.39 is 11.0 Å². The molecule has 0 saturated heterocycles. The smallest absolute Gasteiger partial charge is 0.269 e. The summed E-state index contributed by atoms with van der Waals surface area (Å²) in [5.41, 5.74) is 2.51. The van der Waals surface area contributed by atoms with Gasteiger partial charge < -0.3 is 5.32 Å². The van der Waals surface area contributed by atoms with Gasteiger partial charge >= 0.3 is 0 Å². The molecule has 0 aliphatic carbocycles. The van der Waals surface area contributed by atoms with Crippen molar-refractivity contribution in [2.75, 3.05) is 0 Å². The van der Waals surface area contributed by atoms with E-state index in [1.807, 2.05) is 48.7 Å². The number of nitro groups is 1. The first-order valence-electron chi connectivity index (χ1n) is 11.7. The normalized spacial score (nSPS) is 11.9. The summed E-state index contributed by atoms with van der Waals surface area (Å²) >= 11 is 1.40. The van der Waals surface area contributed by atoms with E-state index in [4.69, 9.17) is 0 Å². The molecule has 1 aromatic heterocycles. The van der Waals surface area contributed by atoms with Gasteiger partial charge in [-0.05, 0) is 41.8 Å². The maximum atomic E-state index is 13.3. The summed E-state index contributed by atoms with van der Waals surface area (Å²) in [6, 6.07) is 21.6. The molecule has 1 heterocycles. The number of carbonyl (C=O) groups excluding carboxylic acids is 1. The van der Waals surface area contributed by atoms with E-state index in [0.29, 0.717) is 28.8 Å². The standard InChI is InChI=1S/C27H26FN5O3S/c1-18(2)26(34)29-24(16-19-6-4-3-5-7-19)25-30-31-27(37-17-20-8-10-21(28)11-9-20)32(25)22-12-14-23(15-13-22)33(35)36/h3-15,18,24H,16-17H2,1-2H3,(H,29,34). The molecule has 1 unspecified atom stereocenters. The SMILES string of the molecule is CC(C)C(=O)NC(Cc1ccccc1)c1nnc(SCc2ccc(F)cc2)n1-c1ccc([N+](=O)[O-])cc1. The van der Waals surface area contributed by atoms with Gasteiger partial charge in [-0.2, -0.15) is 0 Å². The summed E-state index contributed by atoms with van der Waals surface area (Å²) in [5.74, 6) is 0.344. The fourth-order valence-electron chi connectivity index (χ4n) is 3.69. The zero-order valence-electron chi connectivity index (χ0n) is 20.4. The number of hydrogen-bond acceptors (Lipinski definition) is 6. The molecule has 1 N–H and O–H groups in total. The van der Waals surface area contributed by atoms with Gasteiger partial charge in [-0.15, -0.1) is 10.2 Å². The third-order valence-corrected chi connectivity index (χ3v) is 6.69. The van der Waals surface area contributed by atoms with E-state index in [-0.39, 0.29) is 23.3 Å². The van der Waals surface area contributed by atoms with Crippen molar-refractivity contribution in [2.24, 2.45) is 5.92 Å². The monoisotopic (exact) mass is 519 g/mol. The van der Waals surface area contributed by atoms with Gasteiger partial charge in [0.05, 0.1) is 11.0 Å². The van der Waals surface area contributed by atoms with Crippen LogP contribution in [0.3, 0.4) is 0 Å². The Labute approximate surface area is 218 Å². The predicted molar refractivity (Wildman–Crippen MR) is 140 cm³/mol. The van der Waals surface area contributed by atoms with Crippen LogP contribution in [-0.4, -0.2) is 25.6 Å². The molecule has 0 spiro atoms. The molecule has 37 heavy (non-hydrogen) atoms. The van der Waals surface area contributed by atoms with Crippen molar-refractivity contribution in [3.8, 4) is 5.69 Å². The molecule has 8 nitrogen and oxygen atoms in total. The highest BCUT2D eigenvalue weighted by molar-refractivity contribution is 7.98. The van der Waals surface area contributed by atoms with E-state index in [2.05, 4.69) is 15.5 Å². The predicted octanol–water partition coefficient (Wildman–Crippen LogP) is 5.66. The van der Waals surface area contributed by atoms with E-state index in [1.54, 1.807) is 24.3 Å². The molecule has 0 aliphatic rings. The number of benzene rings is 3. The van der Waals surface area contributed by atoms with Gasteiger partial charge in [0.2, 0.25) is 5.91 Å². The van der Waals surface area contributed by atoms with E-state index in [0.717, 1.165) is 11.1 Å². The van der Waals surface area contributed by atoms with Crippen LogP contribution in [0.15, 0.2) is 84.0 Å². The Morgan fingerprint density at radius 1 is 1.00 bits per heavy atom. The second kappa shape index (κ2) is 11.8. The minimum atomic E-state index is -0.500. The van der Waals surface area contributed by atoms with Gasteiger partial charge in [0.25, 0.3) is 5.69 Å². The van der Waals surface area contributed by atoms with Crippen LogP contribution in [0, 0.1) is 21.8 Å². The summed E-state index contributed by atoms with van der Waals surface area (Å²) in [6.45, 7) is 3.64. The summed E-state index contributed by atoms with van der Waals surface area (Å²) < 4.78 is 15.2. The van der Waals surface area contributed by atoms with E-state index in [1.165, 1.54) is 36.0 Å². The van der Waals surface area contributed by atoms with Crippen LogP contribution in [-0.2, 0) is 17.0 Å². The number of hydrogen-bond donors (Lipinski definition) is 1. The van der Waals surface area contributed by atoms with Crippen molar-refractivity contribution in [1.29, 1.82) is 0 Å². The third kappa shape index (κ3) is 6.59. The van der Waals surface area contributed by atoms with E-state index >= 15 is 0 Å². The molecule has 190 valence electrons. The molecule has 3 aromatic carbocycles. The van der Waals surface area contributed by atoms with Crippen molar-refractivity contribution in [2.45, 2.75) is 37.2 Å². The van der Waals surface area contributed by atoms with Crippen LogP contribution in [0.4, 0.5) is 10.1 Å². The van der Waals surface area contributed by atoms with Crippen LogP contribution < -0.4 is 5.32 Å². The van der Waals surface area contributed by atoms with Gasteiger partial charge in [-0.3, -0.25) is 19.5 Å². The summed E-state index contributed by atoms with van der Waals surface area (Å²) in [7, 11) is 0. The Bertz CT molecular complexity index is 1360. The van der Waals surface area contributed by atoms with Crippen LogP contribution >= 0.6 is 11.8 Å². The number of carbonyl (C=O) groups is 1. The number of nitrogens with one attached hydrogen (secondary N) is 1. The van der Waals surface area contributed by atoms with Crippen molar-refractivity contribution in [3.63, 3.8) is 0 Å². The van der Waals surface area contributed by atoms with Gasteiger partial charge in [0, 0.05) is 29.5 Å². The molecule has 10 heteroatoms. The summed E-state index contributed by atoms with van der Waals surface area (Å²) in [6.07, 6.45) is 0.479. The molecule has 4 rings (SSSR count).